The third-order valence-electron chi connectivity index (χ3n) is 5.15. The van der Waals surface area contributed by atoms with Gasteiger partial charge in [0.25, 0.3) is 5.91 Å². The van der Waals surface area contributed by atoms with Crippen LogP contribution in [-0.4, -0.2) is 22.7 Å². The summed E-state index contributed by atoms with van der Waals surface area (Å²) in [5.74, 6) is -1.34. The number of nitrogens with one attached hydrogen (secondary N) is 2. The fourth-order valence-corrected chi connectivity index (χ4v) is 3.59. The highest BCUT2D eigenvalue weighted by molar-refractivity contribution is 5.99. The Morgan fingerprint density at radius 2 is 1.67 bits per heavy atom. The zero-order valence-corrected chi connectivity index (χ0v) is 16.3. The van der Waals surface area contributed by atoms with Crippen molar-refractivity contribution in [2.75, 3.05) is 0 Å². The van der Waals surface area contributed by atoms with Crippen molar-refractivity contribution in [3.63, 3.8) is 0 Å². The molecule has 0 spiro atoms. The number of Topliss-reactive ketones (excluding diaryl/α,β-unsaturated/α-hetero) is 1. The number of H-pyrrole nitrogens is 1. The molecule has 5 heteroatoms. The second-order valence-corrected chi connectivity index (χ2v) is 7.19. The van der Waals surface area contributed by atoms with E-state index in [4.69, 9.17) is 0 Å². The molecule has 0 radical (unpaired) electrons. The van der Waals surface area contributed by atoms with Gasteiger partial charge in [-0.1, -0.05) is 54.6 Å². The van der Waals surface area contributed by atoms with Gasteiger partial charge >= 0.3 is 0 Å². The summed E-state index contributed by atoms with van der Waals surface area (Å²) >= 11 is 0. The van der Waals surface area contributed by atoms with E-state index < -0.39 is 17.8 Å². The molecule has 4 rings (SSSR count). The van der Waals surface area contributed by atoms with Gasteiger partial charge in [0.15, 0.2) is 5.78 Å². The highest BCUT2D eigenvalue weighted by Crippen LogP contribution is 2.19. The average Bonchev–Trinajstić information content (AvgIpc) is 3.24. The van der Waals surface area contributed by atoms with Crippen molar-refractivity contribution in [2.45, 2.75) is 18.9 Å². The zero-order chi connectivity index (χ0) is 20.9. The van der Waals surface area contributed by atoms with Crippen LogP contribution in [0.1, 0.15) is 21.5 Å². The Morgan fingerprint density at radius 1 is 0.900 bits per heavy atom. The van der Waals surface area contributed by atoms with E-state index in [2.05, 4.69) is 10.3 Å². The fourth-order valence-electron chi connectivity index (χ4n) is 3.59. The number of amides is 1. The number of rotatable bonds is 7. The molecule has 1 aromatic heterocycles. The number of aromatic nitrogens is 1. The molecule has 0 aliphatic carbocycles. The molecule has 3 aromatic carbocycles. The SMILES string of the molecule is O=C(NC(Cc1ccccc1)C(=O)Cc1cccc2[nH]ccc12)c1ccccc1F. The molecule has 150 valence electrons. The Kier molecular flexibility index (Phi) is 5.70. The van der Waals surface area contributed by atoms with E-state index in [1.807, 2.05) is 60.8 Å². The van der Waals surface area contributed by atoms with Crippen molar-refractivity contribution in [1.82, 2.24) is 10.3 Å². The minimum Gasteiger partial charge on any atom is -0.361 e. The average molecular weight is 400 g/mol. The molecule has 0 saturated carbocycles. The normalized spacial score (nSPS) is 11.9. The molecule has 0 aliphatic heterocycles. The monoisotopic (exact) mass is 400 g/mol. The summed E-state index contributed by atoms with van der Waals surface area (Å²) in [4.78, 5) is 29.0. The second kappa shape index (κ2) is 8.74. The first-order chi connectivity index (χ1) is 14.6. The van der Waals surface area contributed by atoms with E-state index >= 15 is 0 Å². The lowest BCUT2D eigenvalue weighted by Crippen LogP contribution is -2.43. The highest BCUT2D eigenvalue weighted by atomic mass is 19.1. The number of aromatic amines is 1. The van der Waals surface area contributed by atoms with Gasteiger partial charge in [-0.2, -0.15) is 0 Å². The largest absolute Gasteiger partial charge is 0.361 e. The molecule has 2 N–H and O–H groups in total. The molecule has 0 bridgehead atoms. The standard InChI is InChI=1S/C25H21FN2O2/c26-21-11-5-4-10-20(21)25(30)28-23(15-17-7-2-1-3-8-17)24(29)16-18-9-6-12-22-19(18)13-14-27-22/h1-14,23,27H,15-16H2,(H,28,30). The molecule has 1 atom stereocenters. The summed E-state index contributed by atoms with van der Waals surface area (Å²) in [6, 6.07) is 22.2. The van der Waals surface area contributed by atoms with Crippen molar-refractivity contribution in [3.05, 3.63) is 108 Å². The van der Waals surface area contributed by atoms with Gasteiger partial charge in [0.2, 0.25) is 0 Å². The maximum atomic E-state index is 14.1. The highest BCUT2D eigenvalue weighted by Gasteiger charge is 2.24. The van der Waals surface area contributed by atoms with E-state index in [0.717, 1.165) is 22.0 Å². The van der Waals surface area contributed by atoms with Gasteiger partial charge in [0, 0.05) is 23.5 Å². The molecule has 4 nitrogen and oxygen atoms in total. The molecule has 0 saturated heterocycles. The maximum absolute atomic E-state index is 14.1. The predicted octanol–water partition coefficient (Wildman–Crippen LogP) is 4.46. The minimum atomic E-state index is -0.770. The Bertz CT molecular complexity index is 1180. The molecule has 1 amide bonds. The second-order valence-electron chi connectivity index (χ2n) is 7.19. The van der Waals surface area contributed by atoms with Crippen molar-refractivity contribution >= 4 is 22.6 Å². The van der Waals surface area contributed by atoms with Crippen molar-refractivity contribution in [3.8, 4) is 0 Å². The number of carbonyl (C=O) groups is 2. The van der Waals surface area contributed by atoms with Gasteiger partial charge < -0.3 is 10.3 Å². The number of ketones is 1. The Morgan fingerprint density at radius 3 is 2.47 bits per heavy atom. The smallest absolute Gasteiger partial charge is 0.254 e. The first-order valence-corrected chi connectivity index (χ1v) is 9.79. The molecule has 1 heterocycles. The summed E-state index contributed by atoms with van der Waals surface area (Å²) in [5, 5.41) is 3.72. The van der Waals surface area contributed by atoms with Gasteiger partial charge in [-0.3, -0.25) is 9.59 Å². The number of hydrogen-bond acceptors (Lipinski definition) is 2. The maximum Gasteiger partial charge on any atom is 0.254 e. The van der Waals surface area contributed by atoms with Gasteiger partial charge in [-0.15, -0.1) is 0 Å². The van der Waals surface area contributed by atoms with Gasteiger partial charge in [0.1, 0.15) is 5.82 Å². The van der Waals surface area contributed by atoms with Crippen LogP contribution in [0.15, 0.2) is 85.1 Å². The third-order valence-corrected chi connectivity index (χ3v) is 5.15. The van der Waals surface area contributed by atoms with Crippen LogP contribution in [0.25, 0.3) is 10.9 Å². The molecular weight excluding hydrogens is 379 g/mol. The van der Waals surface area contributed by atoms with Gasteiger partial charge in [-0.05, 0) is 41.8 Å². The number of halogens is 1. The quantitative estimate of drug-likeness (QED) is 0.481. The lowest BCUT2D eigenvalue weighted by atomic mass is 9.96. The van der Waals surface area contributed by atoms with Crippen LogP contribution in [-0.2, 0) is 17.6 Å². The predicted molar refractivity (Wildman–Crippen MR) is 115 cm³/mol. The number of fused-ring (bicyclic) bond motifs is 1. The third kappa shape index (κ3) is 4.30. The van der Waals surface area contributed by atoms with Crippen LogP contribution in [0.3, 0.4) is 0 Å². The number of carbonyl (C=O) groups excluding carboxylic acids is 2. The van der Waals surface area contributed by atoms with E-state index in [1.54, 1.807) is 6.07 Å². The van der Waals surface area contributed by atoms with Crippen LogP contribution in [0, 0.1) is 5.82 Å². The Labute approximate surface area is 173 Å². The van der Waals surface area contributed by atoms with Crippen LogP contribution < -0.4 is 5.32 Å². The van der Waals surface area contributed by atoms with Gasteiger partial charge in [0.05, 0.1) is 11.6 Å². The van der Waals surface area contributed by atoms with Crippen LogP contribution in [0.5, 0.6) is 0 Å². The van der Waals surface area contributed by atoms with Crippen molar-refractivity contribution in [1.29, 1.82) is 0 Å². The summed E-state index contributed by atoms with van der Waals surface area (Å²) < 4.78 is 14.1. The fraction of sp³-hybridized carbons (Fsp3) is 0.120. The first kappa shape index (κ1) is 19.6. The molecule has 4 aromatic rings. The molecular formula is C25H21FN2O2. The van der Waals surface area contributed by atoms with Crippen LogP contribution >= 0.6 is 0 Å². The van der Waals surface area contributed by atoms with E-state index in [0.29, 0.717) is 6.42 Å². The Balaban J connectivity index is 1.59. The summed E-state index contributed by atoms with van der Waals surface area (Å²) in [6.45, 7) is 0. The van der Waals surface area contributed by atoms with Crippen molar-refractivity contribution < 1.29 is 14.0 Å². The van der Waals surface area contributed by atoms with E-state index in [-0.39, 0.29) is 17.8 Å². The summed E-state index contributed by atoms with van der Waals surface area (Å²) in [6.07, 6.45) is 2.34. The summed E-state index contributed by atoms with van der Waals surface area (Å²) in [5.41, 5.74) is 2.69. The Hall–Kier alpha value is -3.73. The van der Waals surface area contributed by atoms with E-state index in [9.17, 15) is 14.0 Å². The summed E-state index contributed by atoms with van der Waals surface area (Å²) in [7, 11) is 0. The zero-order valence-electron chi connectivity index (χ0n) is 16.3. The van der Waals surface area contributed by atoms with E-state index in [1.165, 1.54) is 18.2 Å². The van der Waals surface area contributed by atoms with Crippen molar-refractivity contribution in [2.24, 2.45) is 0 Å². The lowest BCUT2D eigenvalue weighted by Gasteiger charge is -2.19. The number of hydrogen-bond donors (Lipinski definition) is 2. The van der Waals surface area contributed by atoms with Gasteiger partial charge in [-0.25, -0.2) is 4.39 Å². The topological polar surface area (TPSA) is 62.0 Å². The lowest BCUT2D eigenvalue weighted by molar-refractivity contribution is -0.120. The van der Waals surface area contributed by atoms with Crippen LogP contribution in [0.2, 0.25) is 0 Å². The first-order valence-electron chi connectivity index (χ1n) is 9.79. The number of benzene rings is 3. The minimum absolute atomic E-state index is 0.0731. The molecule has 0 fully saturated rings. The molecule has 30 heavy (non-hydrogen) atoms. The molecule has 1 unspecified atom stereocenters. The molecule has 0 aliphatic rings. The van der Waals surface area contributed by atoms with Crippen LogP contribution in [0.4, 0.5) is 4.39 Å².